The zero-order valence-electron chi connectivity index (χ0n) is 7.40. The summed E-state index contributed by atoms with van der Waals surface area (Å²) >= 11 is 0. The fourth-order valence-corrected chi connectivity index (χ4v) is 1.06. The minimum Gasteiger partial charge on any atom is -0.478 e. The molecule has 1 N–H and O–H groups in total. The van der Waals surface area contributed by atoms with Gasteiger partial charge in [-0.25, -0.2) is 4.79 Å². The maximum absolute atomic E-state index is 10.3. The number of hydrogen-bond donors (Lipinski definition) is 1. The van der Waals surface area contributed by atoms with E-state index in [4.69, 9.17) is 5.11 Å². The molecular weight excluding hydrogens is 166 g/mol. The second-order valence-corrected chi connectivity index (χ2v) is 2.60. The van der Waals surface area contributed by atoms with Crippen LogP contribution >= 0.6 is 0 Å². The van der Waals surface area contributed by atoms with Gasteiger partial charge in [-0.05, 0) is 29.7 Å². The molecule has 1 aromatic rings. The summed E-state index contributed by atoms with van der Waals surface area (Å²) in [6.07, 6.45) is 6.98. The standard InChI is InChI=1S/C10H11NO2/c1-2-8-7-11-6-5-9(8)3-4-10(12)13/h3-7H,2H2,1H3,(H,12,13)/b4-3+. The number of carbonyl (C=O) groups is 1. The van der Waals surface area contributed by atoms with Crippen LogP contribution in [0.5, 0.6) is 0 Å². The molecule has 0 unspecified atom stereocenters. The van der Waals surface area contributed by atoms with Crippen LogP contribution in [0.3, 0.4) is 0 Å². The van der Waals surface area contributed by atoms with E-state index in [1.807, 2.05) is 6.92 Å². The molecule has 0 radical (unpaired) electrons. The Morgan fingerprint density at radius 1 is 1.69 bits per heavy atom. The average molecular weight is 177 g/mol. The maximum Gasteiger partial charge on any atom is 0.328 e. The number of pyridine rings is 1. The monoisotopic (exact) mass is 177 g/mol. The van der Waals surface area contributed by atoms with Crippen LogP contribution in [0, 0.1) is 0 Å². The SMILES string of the molecule is CCc1cnccc1/C=C/C(=O)O. The highest BCUT2D eigenvalue weighted by Crippen LogP contribution is 2.09. The summed E-state index contributed by atoms with van der Waals surface area (Å²) in [5, 5.41) is 8.44. The number of hydrogen-bond acceptors (Lipinski definition) is 2. The lowest BCUT2D eigenvalue weighted by Crippen LogP contribution is -1.90. The summed E-state index contributed by atoms with van der Waals surface area (Å²) < 4.78 is 0. The zero-order valence-corrected chi connectivity index (χ0v) is 7.40. The van der Waals surface area contributed by atoms with E-state index in [0.29, 0.717) is 0 Å². The highest BCUT2D eigenvalue weighted by Gasteiger charge is 1.96. The van der Waals surface area contributed by atoms with Crippen LogP contribution in [-0.2, 0) is 11.2 Å². The van der Waals surface area contributed by atoms with Crippen LogP contribution < -0.4 is 0 Å². The molecule has 0 saturated carbocycles. The van der Waals surface area contributed by atoms with Crippen LogP contribution in [-0.4, -0.2) is 16.1 Å². The molecule has 0 aliphatic heterocycles. The van der Waals surface area contributed by atoms with Gasteiger partial charge in [0, 0.05) is 18.5 Å². The van der Waals surface area contributed by atoms with E-state index >= 15 is 0 Å². The van der Waals surface area contributed by atoms with E-state index in [1.165, 1.54) is 0 Å². The van der Waals surface area contributed by atoms with E-state index in [9.17, 15) is 4.79 Å². The lowest BCUT2D eigenvalue weighted by atomic mass is 10.1. The predicted octanol–water partition coefficient (Wildman–Crippen LogP) is 1.74. The van der Waals surface area contributed by atoms with E-state index < -0.39 is 5.97 Å². The molecule has 0 spiro atoms. The highest BCUT2D eigenvalue weighted by atomic mass is 16.4. The van der Waals surface area contributed by atoms with Crippen LogP contribution in [0.4, 0.5) is 0 Å². The normalized spacial score (nSPS) is 10.5. The molecule has 0 aliphatic carbocycles. The van der Waals surface area contributed by atoms with Gasteiger partial charge in [0.1, 0.15) is 0 Å². The topological polar surface area (TPSA) is 50.2 Å². The molecule has 0 amide bonds. The third-order valence-electron chi connectivity index (χ3n) is 1.73. The Morgan fingerprint density at radius 2 is 2.46 bits per heavy atom. The van der Waals surface area contributed by atoms with Crippen molar-refractivity contribution in [1.29, 1.82) is 0 Å². The molecule has 0 bridgehead atoms. The first-order chi connectivity index (χ1) is 6.24. The van der Waals surface area contributed by atoms with Gasteiger partial charge < -0.3 is 5.11 Å². The van der Waals surface area contributed by atoms with Crippen molar-refractivity contribution in [3.05, 3.63) is 35.7 Å². The zero-order chi connectivity index (χ0) is 9.68. The molecular formula is C10H11NO2. The van der Waals surface area contributed by atoms with Crippen LogP contribution in [0.15, 0.2) is 24.5 Å². The van der Waals surface area contributed by atoms with Crippen molar-refractivity contribution in [3.63, 3.8) is 0 Å². The van der Waals surface area contributed by atoms with Crippen LogP contribution in [0.25, 0.3) is 6.08 Å². The Hall–Kier alpha value is -1.64. The second kappa shape index (κ2) is 4.40. The van der Waals surface area contributed by atoms with Crippen molar-refractivity contribution in [2.75, 3.05) is 0 Å². The molecule has 3 heteroatoms. The summed E-state index contributed by atoms with van der Waals surface area (Å²) in [4.78, 5) is 14.2. The number of nitrogens with zero attached hydrogens (tertiary/aromatic N) is 1. The quantitative estimate of drug-likeness (QED) is 0.715. The third kappa shape index (κ3) is 2.71. The minimum atomic E-state index is -0.932. The molecule has 1 heterocycles. The fraction of sp³-hybridized carbons (Fsp3) is 0.200. The van der Waals surface area contributed by atoms with Crippen LogP contribution in [0.2, 0.25) is 0 Å². The Labute approximate surface area is 76.7 Å². The van der Waals surface area contributed by atoms with E-state index in [1.54, 1.807) is 24.5 Å². The van der Waals surface area contributed by atoms with Crippen molar-refractivity contribution in [2.45, 2.75) is 13.3 Å². The number of aromatic nitrogens is 1. The summed E-state index contributed by atoms with van der Waals surface area (Å²) in [6, 6.07) is 1.80. The maximum atomic E-state index is 10.3. The molecule has 0 aliphatic rings. The molecule has 0 fully saturated rings. The van der Waals surface area contributed by atoms with Gasteiger partial charge in [0.15, 0.2) is 0 Å². The molecule has 0 atom stereocenters. The molecule has 0 saturated heterocycles. The first-order valence-corrected chi connectivity index (χ1v) is 4.08. The van der Waals surface area contributed by atoms with Crippen molar-refractivity contribution in [2.24, 2.45) is 0 Å². The Balaban J connectivity index is 2.93. The van der Waals surface area contributed by atoms with Crippen molar-refractivity contribution in [3.8, 4) is 0 Å². The number of aliphatic carboxylic acids is 1. The minimum absolute atomic E-state index is 0.854. The summed E-state index contributed by atoms with van der Waals surface area (Å²) in [6.45, 7) is 2.01. The van der Waals surface area contributed by atoms with Gasteiger partial charge in [-0.2, -0.15) is 0 Å². The van der Waals surface area contributed by atoms with Gasteiger partial charge >= 0.3 is 5.97 Å². The average Bonchev–Trinajstić information content (AvgIpc) is 2.15. The number of carboxylic acids is 1. The Bertz CT molecular complexity index is 331. The van der Waals surface area contributed by atoms with Gasteiger partial charge in [0.2, 0.25) is 0 Å². The summed E-state index contributed by atoms with van der Waals surface area (Å²) in [5.74, 6) is -0.932. The summed E-state index contributed by atoms with van der Waals surface area (Å²) in [7, 11) is 0. The van der Waals surface area contributed by atoms with Gasteiger partial charge in [0.05, 0.1) is 0 Å². The lowest BCUT2D eigenvalue weighted by Gasteiger charge is -1.99. The van der Waals surface area contributed by atoms with Crippen molar-refractivity contribution in [1.82, 2.24) is 4.98 Å². The van der Waals surface area contributed by atoms with E-state index in [0.717, 1.165) is 23.6 Å². The molecule has 1 rings (SSSR count). The molecule has 3 nitrogen and oxygen atoms in total. The van der Waals surface area contributed by atoms with E-state index in [2.05, 4.69) is 4.98 Å². The number of carboxylic acid groups (broad SMARTS) is 1. The Kier molecular flexibility index (Phi) is 3.20. The first-order valence-electron chi connectivity index (χ1n) is 4.08. The van der Waals surface area contributed by atoms with Crippen molar-refractivity contribution >= 4 is 12.0 Å². The predicted molar refractivity (Wildman–Crippen MR) is 50.3 cm³/mol. The largest absolute Gasteiger partial charge is 0.478 e. The summed E-state index contributed by atoms with van der Waals surface area (Å²) in [5.41, 5.74) is 1.97. The highest BCUT2D eigenvalue weighted by molar-refractivity contribution is 5.85. The van der Waals surface area contributed by atoms with Gasteiger partial charge in [0.25, 0.3) is 0 Å². The van der Waals surface area contributed by atoms with Gasteiger partial charge in [-0.15, -0.1) is 0 Å². The fourth-order valence-electron chi connectivity index (χ4n) is 1.06. The molecule has 68 valence electrons. The van der Waals surface area contributed by atoms with Gasteiger partial charge in [-0.1, -0.05) is 6.92 Å². The molecule has 13 heavy (non-hydrogen) atoms. The lowest BCUT2D eigenvalue weighted by molar-refractivity contribution is -0.131. The van der Waals surface area contributed by atoms with E-state index in [-0.39, 0.29) is 0 Å². The Morgan fingerprint density at radius 3 is 3.08 bits per heavy atom. The smallest absolute Gasteiger partial charge is 0.328 e. The molecule has 1 aromatic heterocycles. The molecule has 0 aromatic carbocycles. The van der Waals surface area contributed by atoms with Crippen LogP contribution in [0.1, 0.15) is 18.1 Å². The number of aryl methyl sites for hydroxylation is 1. The second-order valence-electron chi connectivity index (χ2n) is 2.60. The number of rotatable bonds is 3. The first kappa shape index (κ1) is 9.45. The third-order valence-corrected chi connectivity index (χ3v) is 1.73. The van der Waals surface area contributed by atoms with Gasteiger partial charge in [-0.3, -0.25) is 4.98 Å². The van der Waals surface area contributed by atoms with Crippen molar-refractivity contribution < 1.29 is 9.90 Å².